The van der Waals surface area contributed by atoms with E-state index in [9.17, 15) is 4.39 Å². The maximum absolute atomic E-state index is 13.2. The first-order valence-corrected chi connectivity index (χ1v) is 8.94. The Morgan fingerprint density at radius 1 is 1.00 bits per heavy atom. The lowest BCUT2D eigenvalue weighted by Crippen LogP contribution is -2.35. The van der Waals surface area contributed by atoms with E-state index < -0.39 is 0 Å². The van der Waals surface area contributed by atoms with Crippen LogP contribution in [0.1, 0.15) is 24.8 Å². The predicted molar refractivity (Wildman–Crippen MR) is 95.8 cm³/mol. The molecule has 0 amide bonds. The highest BCUT2D eigenvalue weighted by atomic mass is 19.1. The Bertz CT molecular complexity index is 608. The summed E-state index contributed by atoms with van der Waals surface area (Å²) >= 11 is 0. The second kappa shape index (κ2) is 8.84. The van der Waals surface area contributed by atoms with Gasteiger partial charge in [0.15, 0.2) is 0 Å². The average Bonchev–Trinajstić information content (AvgIpc) is 2.62. The number of rotatable bonds is 7. The molecule has 3 rings (SSSR count). The molecule has 0 radical (unpaired) electrons. The first-order valence-electron chi connectivity index (χ1n) is 8.94. The summed E-state index contributed by atoms with van der Waals surface area (Å²) in [6.45, 7) is 4.12. The lowest BCUT2D eigenvalue weighted by molar-refractivity contribution is 0.164. The van der Waals surface area contributed by atoms with Crippen molar-refractivity contribution < 1.29 is 9.13 Å². The van der Waals surface area contributed by atoms with Gasteiger partial charge in [-0.1, -0.05) is 30.3 Å². The topological polar surface area (TPSA) is 12.5 Å². The van der Waals surface area contributed by atoms with Crippen LogP contribution in [0.4, 0.5) is 4.39 Å². The molecule has 1 heterocycles. The molecule has 0 aromatic heterocycles. The van der Waals surface area contributed by atoms with E-state index in [0.29, 0.717) is 0 Å². The minimum Gasteiger partial charge on any atom is -0.494 e. The van der Waals surface area contributed by atoms with Crippen LogP contribution in [-0.2, 0) is 6.42 Å². The minimum atomic E-state index is -0.135. The van der Waals surface area contributed by atoms with Crippen LogP contribution in [0.3, 0.4) is 0 Å². The highest BCUT2D eigenvalue weighted by Crippen LogP contribution is 2.21. The van der Waals surface area contributed by atoms with Crippen molar-refractivity contribution in [1.82, 2.24) is 4.90 Å². The Kier molecular flexibility index (Phi) is 6.25. The van der Waals surface area contributed by atoms with Crippen LogP contribution in [-0.4, -0.2) is 31.1 Å². The fourth-order valence-corrected chi connectivity index (χ4v) is 3.34. The van der Waals surface area contributed by atoms with E-state index in [1.165, 1.54) is 18.9 Å². The third kappa shape index (κ3) is 5.34. The highest BCUT2D eigenvalue weighted by molar-refractivity contribution is 5.20. The van der Waals surface area contributed by atoms with Gasteiger partial charge in [-0.2, -0.15) is 0 Å². The third-order valence-corrected chi connectivity index (χ3v) is 4.85. The molecule has 0 saturated carbocycles. The molecule has 3 heteroatoms. The van der Waals surface area contributed by atoms with Gasteiger partial charge in [-0.25, -0.2) is 4.39 Å². The zero-order valence-corrected chi connectivity index (χ0v) is 14.2. The highest BCUT2D eigenvalue weighted by Gasteiger charge is 2.18. The van der Waals surface area contributed by atoms with Gasteiger partial charge >= 0.3 is 0 Å². The maximum Gasteiger partial charge on any atom is 0.123 e. The van der Waals surface area contributed by atoms with Gasteiger partial charge < -0.3 is 9.64 Å². The normalized spacial score (nSPS) is 16.2. The number of ether oxygens (including phenoxy) is 1. The summed E-state index contributed by atoms with van der Waals surface area (Å²) in [5.41, 5.74) is 1.09. The molecule has 1 fully saturated rings. The average molecular weight is 327 g/mol. The molecular formula is C21H26FNO. The van der Waals surface area contributed by atoms with Crippen molar-refractivity contribution in [3.05, 3.63) is 66.0 Å². The van der Waals surface area contributed by atoms with Crippen molar-refractivity contribution in [3.8, 4) is 5.75 Å². The van der Waals surface area contributed by atoms with Crippen molar-refractivity contribution in [2.24, 2.45) is 5.92 Å². The Morgan fingerprint density at radius 2 is 1.79 bits per heavy atom. The zero-order chi connectivity index (χ0) is 16.6. The molecule has 2 aromatic carbocycles. The summed E-state index contributed by atoms with van der Waals surface area (Å²) in [7, 11) is 0. The van der Waals surface area contributed by atoms with Gasteiger partial charge in [-0.05, 0) is 74.5 Å². The lowest BCUT2D eigenvalue weighted by atomic mass is 9.93. The quantitative estimate of drug-likeness (QED) is 0.740. The van der Waals surface area contributed by atoms with E-state index in [-0.39, 0.29) is 5.82 Å². The Hall–Kier alpha value is -1.87. The lowest BCUT2D eigenvalue weighted by Gasteiger charge is -2.32. The van der Waals surface area contributed by atoms with Gasteiger partial charge in [0, 0.05) is 6.54 Å². The number of piperidine rings is 1. The minimum absolute atomic E-state index is 0.135. The molecule has 2 nitrogen and oxygen atoms in total. The largest absolute Gasteiger partial charge is 0.494 e. The number of para-hydroxylation sites is 1. The molecule has 1 aliphatic rings. The number of halogens is 1. The van der Waals surface area contributed by atoms with Crippen molar-refractivity contribution in [2.75, 3.05) is 26.2 Å². The van der Waals surface area contributed by atoms with E-state index in [4.69, 9.17) is 4.74 Å². The van der Waals surface area contributed by atoms with E-state index >= 15 is 0 Å². The van der Waals surface area contributed by atoms with Crippen molar-refractivity contribution in [3.63, 3.8) is 0 Å². The van der Waals surface area contributed by atoms with E-state index in [0.717, 1.165) is 56.3 Å². The number of hydrogen-bond donors (Lipinski definition) is 0. The van der Waals surface area contributed by atoms with Gasteiger partial charge in [-0.15, -0.1) is 0 Å². The van der Waals surface area contributed by atoms with E-state index in [2.05, 4.69) is 4.90 Å². The van der Waals surface area contributed by atoms with Gasteiger partial charge in [0.2, 0.25) is 0 Å². The molecule has 128 valence electrons. The first kappa shape index (κ1) is 17.0. The molecule has 0 spiro atoms. The first-order chi connectivity index (χ1) is 11.8. The summed E-state index contributed by atoms with van der Waals surface area (Å²) in [5.74, 6) is 1.59. The Morgan fingerprint density at radius 3 is 2.54 bits per heavy atom. The monoisotopic (exact) mass is 327 g/mol. The SMILES string of the molecule is Fc1cccc(CCN2CCC(CCOc3ccccc3)CC2)c1. The number of nitrogens with zero attached hydrogens (tertiary/aromatic N) is 1. The fraction of sp³-hybridized carbons (Fsp3) is 0.429. The molecular weight excluding hydrogens is 301 g/mol. The van der Waals surface area contributed by atoms with Crippen LogP contribution in [0.15, 0.2) is 54.6 Å². The van der Waals surface area contributed by atoms with E-state index in [1.54, 1.807) is 12.1 Å². The number of hydrogen-bond acceptors (Lipinski definition) is 2. The molecule has 0 aliphatic carbocycles. The third-order valence-electron chi connectivity index (χ3n) is 4.85. The standard InChI is InChI=1S/C21H26FNO/c22-20-6-4-5-19(17-20)11-15-23-13-9-18(10-14-23)12-16-24-21-7-2-1-3-8-21/h1-8,17-18H,9-16H2. The molecule has 24 heavy (non-hydrogen) atoms. The number of likely N-dealkylation sites (tertiary alicyclic amines) is 1. The van der Waals surface area contributed by atoms with Gasteiger partial charge in [-0.3, -0.25) is 0 Å². The van der Waals surface area contributed by atoms with Crippen LogP contribution in [0, 0.1) is 11.7 Å². The van der Waals surface area contributed by atoms with Crippen molar-refractivity contribution in [1.29, 1.82) is 0 Å². The van der Waals surface area contributed by atoms with Gasteiger partial charge in [0.25, 0.3) is 0 Å². The van der Waals surface area contributed by atoms with Crippen LogP contribution in [0.2, 0.25) is 0 Å². The molecule has 0 unspecified atom stereocenters. The molecule has 0 bridgehead atoms. The molecule has 2 aromatic rings. The van der Waals surface area contributed by atoms with Crippen LogP contribution < -0.4 is 4.74 Å². The van der Waals surface area contributed by atoms with Crippen molar-refractivity contribution in [2.45, 2.75) is 25.7 Å². The van der Waals surface area contributed by atoms with Crippen molar-refractivity contribution >= 4 is 0 Å². The van der Waals surface area contributed by atoms with Crippen LogP contribution in [0.25, 0.3) is 0 Å². The maximum atomic E-state index is 13.2. The predicted octanol–water partition coefficient (Wildman–Crippen LogP) is 4.55. The van der Waals surface area contributed by atoms with Gasteiger partial charge in [0.05, 0.1) is 6.61 Å². The summed E-state index contributed by atoms with van der Waals surface area (Å²) in [5, 5.41) is 0. The molecule has 0 atom stereocenters. The second-order valence-corrected chi connectivity index (χ2v) is 6.62. The summed E-state index contributed by atoms with van der Waals surface area (Å²) in [4.78, 5) is 2.50. The number of benzene rings is 2. The smallest absolute Gasteiger partial charge is 0.123 e. The summed E-state index contributed by atoms with van der Waals surface area (Å²) in [6, 6.07) is 17.0. The van der Waals surface area contributed by atoms with Gasteiger partial charge in [0.1, 0.15) is 11.6 Å². The molecule has 0 N–H and O–H groups in total. The summed E-state index contributed by atoms with van der Waals surface area (Å²) in [6.07, 6.45) is 4.54. The fourth-order valence-electron chi connectivity index (χ4n) is 3.34. The van der Waals surface area contributed by atoms with Crippen LogP contribution in [0.5, 0.6) is 5.75 Å². The van der Waals surface area contributed by atoms with E-state index in [1.807, 2.05) is 36.4 Å². The zero-order valence-electron chi connectivity index (χ0n) is 14.2. The van der Waals surface area contributed by atoms with Crippen LogP contribution >= 0.6 is 0 Å². The molecule has 1 aliphatic heterocycles. The Balaban J connectivity index is 1.32. The molecule has 1 saturated heterocycles. The Labute approximate surface area is 144 Å². The second-order valence-electron chi connectivity index (χ2n) is 6.62. The summed E-state index contributed by atoms with van der Waals surface area (Å²) < 4.78 is 19.0.